The van der Waals surface area contributed by atoms with E-state index in [2.05, 4.69) is 10.6 Å². The van der Waals surface area contributed by atoms with Crippen LogP contribution in [0.1, 0.15) is 6.42 Å². The van der Waals surface area contributed by atoms with E-state index in [1.165, 1.54) is 7.11 Å². The molecule has 0 saturated carbocycles. The predicted molar refractivity (Wildman–Crippen MR) is 63.2 cm³/mol. The van der Waals surface area contributed by atoms with Crippen LogP contribution in [0.5, 0.6) is 5.75 Å². The van der Waals surface area contributed by atoms with Crippen LogP contribution in [0.3, 0.4) is 0 Å². The molecule has 5 nitrogen and oxygen atoms in total. The molecule has 2 N–H and O–H groups in total. The lowest BCUT2D eigenvalue weighted by molar-refractivity contribution is -0.124. The molecule has 1 aromatic rings. The average molecular weight is 255 g/mol. The van der Waals surface area contributed by atoms with Crippen molar-refractivity contribution in [1.29, 1.82) is 0 Å². The number of ether oxygens (including phenoxy) is 1. The minimum Gasteiger partial charge on any atom is -0.495 e. The van der Waals surface area contributed by atoms with Crippen LogP contribution < -0.4 is 15.4 Å². The van der Waals surface area contributed by atoms with Gasteiger partial charge in [0.25, 0.3) is 0 Å². The van der Waals surface area contributed by atoms with Crippen molar-refractivity contribution < 1.29 is 14.3 Å². The number of hydrogen-bond donors (Lipinski definition) is 2. The fourth-order valence-corrected chi connectivity index (χ4v) is 1.82. The van der Waals surface area contributed by atoms with E-state index in [0.29, 0.717) is 16.5 Å². The number of carbonyl (C=O) groups excluding carboxylic acids is 2. The van der Waals surface area contributed by atoms with E-state index < -0.39 is 6.04 Å². The van der Waals surface area contributed by atoms with Gasteiger partial charge in [-0.2, -0.15) is 0 Å². The monoisotopic (exact) mass is 254 g/mol. The molecule has 2 rings (SSSR count). The molecule has 1 fully saturated rings. The minimum absolute atomic E-state index is 0.143. The zero-order valence-electron chi connectivity index (χ0n) is 9.12. The first-order chi connectivity index (χ1) is 8.10. The second kappa shape index (κ2) is 4.63. The summed E-state index contributed by atoms with van der Waals surface area (Å²) in [7, 11) is 1.51. The predicted octanol–water partition coefficient (Wildman–Crippen LogP) is 1.18. The number of anilines is 1. The Morgan fingerprint density at radius 1 is 1.47 bits per heavy atom. The molecule has 1 saturated heterocycles. The number of imide groups is 1. The zero-order chi connectivity index (χ0) is 12.4. The summed E-state index contributed by atoms with van der Waals surface area (Å²) in [4.78, 5) is 22.4. The minimum atomic E-state index is -0.534. The molecule has 2 amide bonds. The van der Waals surface area contributed by atoms with Crippen molar-refractivity contribution in [2.45, 2.75) is 12.5 Å². The Morgan fingerprint density at radius 2 is 2.24 bits per heavy atom. The summed E-state index contributed by atoms with van der Waals surface area (Å²) >= 11 is 5.88. The SMILES string of the molecule is COc1cc(NC2CC(=O)NC2=O)ccc1Cl. The first kappa shape index (κ1) is 11.7. The molecule has 0 spiro atoms. The molecule has 90 valence electrons. The Labute approximate surface area is 103 Å². The summed E-state index contributed by atoms with van der Waals surface area (Å²) in [6, 6.07) is 4.53. The molecule has 0 radical (unpaired) electrons. The van der Waals surface area contributed by atoms with E-state index in [1.54, 1.807) is 18.2 Å². The number of methoxy groups -OCH3 is 1. The summed E-state index contributed by atoms with van der Waals surface area (Å²) in [6.07, 6.45) is 0.143. The number of amides is 2. The Kier molecular flexibility index (Phi) is 3.19. The molecule has 1 heterocycles. The lowest BCUT2D eigenvalue weighted by Crippen LogP contribution is -2.29. The summed E-state index contributed by atoms with van der Waals surface area (Å²) < 4.78 is 5.06. The van der Waals surface area contributed by atoms with Crippen LogP contribution in [0.25, 0.3) is 0 Å². The van der Waals surface area contributed by atoms with Gasteiger partial charge in [-0.3, -0.25) is 14.9 Å². The van der Waals surface area contributed by atoms with E-state index in [4.69, 9.17) is 16.3 Å². The number of halogens is 1. The largest absolute Gasteiger partial charge is 0.495 e. The fraction of sp³-hybridized carbons (Fsp3) is 0.273. The molecule has 17 heavy (non-hydrogen) atoms. The van der Waals surface area contributed by atoms with Gasteiger partial charge in [0.1, 0.15) is 11.8 Å². The van der Waals surface area contributed by atoms with Crippen LogP contribution in [0.2, 0.25) is 5.02 Å². The lowest BCUT2D eigenvalue weighted by Gasteiger charge is -2.12. The van der Waals surface area contributed by atoms with Gasteiger partial charge >= 0.3 is 0 Å². The van der Waals surface area contributed by atoms with Gasteiger partial charge in [0.2, 0.25) is 11.8 Å². The standard InChI is InChI=1S/C11H11ClN2O3/c1-17-9-4-6(2-3-7(9)12)13-8-5-10(15)14-11(8)16/h2-4,8,13H,5H2,1H3,(H,14,15,16). The first-order valence-corrected chi connectivity index (χ1v) is 5.41. The third-order valence-electron chi connectivity index (χ3n) is 2.46. The van der Waals surface area contributed by atoms with Crippen molar-refractivity contribution in [3.8, 4) is 5.75 Å². The third kappa shape index (κ3) is 2.50. The molecule has 1 aliphatic rings. The van der Waals surface area contributed by atoms with E-state index in [0.717, 1.165) is 0 Å². The van der Waals surface area contributed by atoms with Crippen LogP contribution in [0, 0.1) is 0 Å². The van der Waals surface area contributed by atoms with E-state index in [-0.39, 0.29) is 18.2 Å². The number of hydrogen-bond acceptors (Lipinski definition) is 4. The number of nitrogens with one attached hydrogen (secondary N) is 2. The number of benzene rings is 1. The Balaban J connectivity index is 2.14. The van der Waals surface area contributed by atoms with E-state index in [9.17, 15) is 9.59 Å². The molecule has 1 unspecified atom stereocenters. The molecule has 0 aliphatic carbocycles. The molecule has 6 heteroatoms. The summed E-state index contributed by atoms with van der Waals surface area (Å²) in [6.45, 7) is 0. The summed E-state index contributed by atoms with van der Waals surface area (Å²) in [5.41, 5.74) is 0.682. The van der Waals surface area contributed by atoms with Gasteiger partial charge in [0.05, 0.1) is 18.6 Å². The highest BCUT2D eigenvalue weighted by atomic mass is 35.5. The van der Waals surface area contributed by atoms with Crippen LogP contribution >= 0.6 is 11.6 Å². The van der Waals surface area contributed by atoms with Crippen molar-refractivity contribution in [3.05, 3.63) is 23.2 Å². The third-order valence-corrected chi connectivity index (χ3v) is 2.77. The average Bonchev–Trinajstić information content (AvgIpc) is 2.60. The van der Waals surface area contributed by atoms with Crippen molar-refractivity contribution in [2.75, 3.05) is 12.4 Å². The van der Waals surface area contributed by atoms with E-state index in [1.807, 2.05) is 0 Å². The highest BCUT2D eigenvalue weighted by Crippen LogP contribution is 2.28. The van der Waals surface area contributed by atoms with Gasteiger partial charge in [-0.1, -0.05) is 11.6 Å². The molecule has 0 bridgehead atoms. The van der Waals surface area contributed by atoms with Crippen LogP contribution in [-0.4, -0.2) is 25.0 Å². The van der Waals surface area contributed by atoms with Gasteiger partial charge in [-0.05, 0) is 12.1 Å². The molecule has 1 atom stereocenters. The highest BCUT2D eigenvalue weighted by Gasteiger charge is 2.30. The zero-order valence-corrected chi connectivity index (χ0v) is 9.88. The molecule has 1 aliphatic heterocycles. The Bertz CT molecular complexity index is 476. The second-order valence-corrected chi connectivity index (χ2v) is 4.07. The van der Waals surface area contributed by atoms with Crippen LogP contribution in [-0.2, 0) is 9.59 Å². The van der Waals surface area contributed by atoms with Gasteiger partial charge in [-0.25, -0.2) is 0 Å². The topological polar surface area (TPSA) is 67.4 Å². The normalized spacial score (nSPS) is 19.1. The smallest absolute Gasteiger partial charge is 0.249 e. The maximum Gasteiger partial charge on any atom is 0.249 e. The van der Waals surface area contributed by atoms with Gasteiger partial charge in [-0.15, -0.1) is 0 Å². The lowest BCUT2D eigenvalue weighted by atomic mass is 10.2. The number of rotatable bonds is 3. The maximum atomic E-state index is 11.4. The Hall–Kier alpha value is -1.75. The fourth-order valence-electron chi connectivity index (χ4n) is 1.62. The summed E-state index contributed by atoms with van der Waals surface area (Å²) in [5, 5.41) is 5.67. The second-order valence-electron chi connectivity index (χ2n) is 3.66. The molecule has 1 aromatic carbocycles. The summed E-state index contributed by atoms with van der Waals surface area (Å²) in [5.74, 6) is -0.0706. The molecular weight excluding hydrogens is 244 g/mol. The van der Waals surface area contributed by atoms with Crippen molar-refractivity contribution in [2.24, 2.45) is 0 Å². The highest BCUT2D eigenvalue weighted by molar-refractivity contribution is 6.32. The Morgan fingerprint density at radius 3 is 2.82 bits per heavy atom. The maximum absolute atomic E-state index is 11.4. The molecular formula is C11H11ClN2O3. The first-order valence-electron chi connectivity index (χ1n) is 5.04. The van der Waals surface area contributed by atoms with Crippen molar-refractivity contribution >= 4 is 29.1 Å². The van der Waals surface area contributed by atoms with Gasteiger partial charge in [0, 0.05) is 11.8 Å². The van der Waals surface area contributed by atoms with Gasteiger partial charge in [0.15, 0.2) is 0 Å². The molecule has 0 aromatic heterocycles. The van der Waals surface area contributed by atoms with E-state index >= 15 is 0 Å². The quantitative estimate of drug-likeness (QED) is 0.795. The van der Waals surface area contributed by atoms with Crippen molar-refractivity contribution in [3.63, 3.8) is 0 Å². The van der Waals surface area contributed by atoms with Crippen LogP contribution in [0.4, 0.5) is 5.69 Å². The van der Waals surface area contributed by atoms with Gasteiger partial charge < -0.3 is 10.1 Å². The van der Waals surface area contributed by atoms with Crippen molar-refractivity contribution in [1.82, 2.24) is 5.32 Å². The van der Waals surface area contributed by atoms with Crippen LogP contribution in [0.15, 0.2) is 18.2 Å². The number of carbonyl (C=O) groups is 2.